The van der Waals surface area contributed by atoms with Crippen molar-refractivity contribution in [3.05, 3.63) is 79.3 Å². The van der Waals surface area contributed by atoms with E-state index in [4.69, 9.17) is 0 Å². The molecule has 5 aromatic rings. The van der Waals surface area contributed by atoms with Gasteiger partial charge in [-0.05, 0) is 42.5 Å². The number of rotatable bonds is 3. The van der Waals surface area contributed by atoms with Gasteiger partial charge in [-0.2, -0.15) is 5.10 Å². The molecule has 0 spiro atoms. The molecule has 0 atom stereocenters. The maximum atomic E-state index is 13.2. The second-order valence-electron chi connectivity index (χ2n) is 6.03. The molecule has 0 aliphatic rings. The molecule has 0 aliphatic carbocycles. The number of pyridine rings is 1. The number of nitrogens with one attached hydrogen (secondary N) is 1. The Kier molecular flexibility index (Phi) is 3.50. The predicted octanol–water partition coefficient (Wildman–Crippen LogP) is 3.99. The SMILES string of the molecule is Fc1ccc(-c2[nH]ncc2-c2ccc3ncc(-c4ncccn4)n3c2)cc1. The molecule has 7 heteroatoms. The van der Waals surface area contributed by atoms with Crippen LogP contribution in [0.25, 0.3) is 39.5 Å². The van der Waals surface area contributed by atoms with Gasteiger partial charge in [0.05, 0.1) is 18.1 Å². The van der Waals surface area contributed by atoms with Crippen molar-refractivity contribution in [1.82, 2.24) is 29.5 Å². The average molecular weight is 356 g/mol. The first kappa shape index (κ1) is 15.4. The molecule has 4 heterocycles. The summed E-state index contributed by atoms with van der Waals surface area (Å²) in [5.74, 6) is 0.334. The highest BCUT2D eigenvalue weighted by Crippen LogP contribution is 2.31. The minimum Gasteiger partial charge on any atom is -0.296 e. The molecule has 1 aromatic carbocycles. The van der Waals surface area contributed by atoms with Crippen LogP contribution >= 0.6 is 0 Å². The van der Waals surface area contributed by atoms with Crippen LogP contribution in [0, 0.1) is 5.82 Å². The molecule has 27 heavy (non-hydrogen) atoms. The van der Waals surface area contributed by atoms with Crippen molar-refractivity contribution in [3.8, 4) is 33.9 Å². The summed E-state index contributed by atoms with van der Waals surface area (Å²) in [6.45, 7) is 0. The van der Waals surface area contributed by atoms with E-state index in [9.17, 15) is 4.39 Å². The molecule has 1 N–H and O–H groups in total. The quantitative estimate of drug-likeness (QED) is 0.531. The molecule has 0 saturated carbocycles. The highest BCUT2D eigenvalue weighted by molar-refractivity contribution is 5.80. The van der Waals surface area contributed by atoms with Crippen molar-refractivity contribution in [2.24, 2.45) is 0 Å². The minimum absolute atomic E-state index is 0.271. The third-order valence-electron chi connectivity index (χ3n) is 4.38. The van der Waals surface area contributed by atoms with Gasteiger partial charge < -0.3 is 0 Å². The summed E-state index contributed by atoms with van der Waals surface area (Å²) in [4.78, 5) is 13.0. The maximum absolute atomic E-state index is 13.2. The molecule has 0 fully saturated rings. The minimum atomic E-state index is -0.271. The number of hydrogen-bond acceptors (Lipinski definition) is 4. The summed E-state index contributed by atoms with van der Waals surface area (Å²) >= 11 is 0. The van der Waals surface area contributed by atoms with Crippen LogP contribution < -0.4 is 0 Å². The number of aromatic amines is 1. The van der Waals surface area contributed by atoms with Crippen LogP contribution in [0.2, 0.25) is 0 Å². The maximum Gasteiger partial charge on any atom is 0.178 e. The molecular weight excluding hydrogens is 343 g/mol. The Morgan fingerprint density at radius 1 is 0.852 bits per heavy atom. The van der Waals surface area contributed by atoms with Gasteiger partial charge in [0.15, 0.2) is 5.82 Å². The number of hydrogen-bond donors (Lipinski definition) is 1. The van der Waals surface area contributed by atoms with Gasteiger partial charge in [-0.25, -0.2) is 19.3 Å². The Morgan fingerprint density at radius 2 is 1.63 bits per heavy atom. The fraction of sp³-hybridized carbons (Fsp3) is 0. The first-order chi connectivity index (χ1) is 13.3. The lowest BCUT2D eigenvalue weighted by molar-refractivity contribution is 0.628. The zero-order chi connectivity index (χ0) is 18.2. The van der Waals surface area contributed by atoms with Crippen LogP contribution in [0.5, 0.6) is 0 Å². The van der Waals surface area contributed by atoms with Crippen LogP contribution in [0.1, 0.15) is 0 Å². The Labute approximate surface area is 153 Å². The van der Waals surface area contributed by atoms with Gasteiger partial charge in [-0.1, -0.05) is 0 Å². The van der Waals surface area contributed by atoms with Crippen LogP contribution in [0.15, 0.2) is 73.4 Å². The lowest BCUT2D eigenvalue weighted by Crippen LogP contribution is -1.93. The molecule has 0 aliphatic heterocycles. The van der Waals surface area contributed by atoms with Crippen LogP contribution in [-0.4, -0.2) is 29.5 Å². The first-order valence-electron chi connectivity index (χ1n) is 8.34. The number of imidazole rings is 1. The summed E-state index contributed by atoms with van der Waals surface area (Å²) < 4.78 is 15.2. The van der Waals surface area contributed by atoms with Crippen molar-refractivity contribution < 1.29 is 4.39 Å². The lowest BCUT2D eigenvalue weighted by Gasteiger charge is -2.06. The fourth-order valence-corrected chi connectivity index (χ4v) is 3.08. The van der Waals surface area contributed by atoms with Gasteiger partial charge in [0.1, 0.15) is 17.2 Å². The fourth-order valence-electron chi connectivity index (χ4n) is 3.08. The summed E-state index contributed by atoms with van der Waals surface area (Å²) in [5, 5.41) is 7.18. The van der Waals surface area contributed by atoms with E-state index in [2.05, 4.69) is 25.1 Å². The zero-order valence-corrected chi connectivity index (χ0v) is 14.0. The summed E-state index contributed by atoms with van der Waals surface area (Å²) in [5.41, 5.74) is 5.16. The average Bonchev–Trinajstić information content (AvgIpc) is 3.36. The number of halogens is 1. The third kappa shape index (κ3) is 2.65. The Bertz CT molecular complexity index is 1220. The number of H-pyrrole nitrogens is 1. The molecule has 0 amide bonds. The van der Waals surface area contributed by atoms with Gasteiger partial charge >= 0.3 is 0 Å². The summed E-state index contributed by atoms with van der Waals surface area (Å²) in [6.07, 6.45) is 8.90. The van der Waals surface area contributed by atoms with Crippen LogP contribution in [0.3, 0.4) is 0 Å². The molecule has 4 aromatic heterocycles. The smallest absolute Gasteiger partial charge is 0.178 e. The molecule has 130 valence electrons. The van der Waals surface area contributed by atoms with E-state index < -0.39 is 0 Å². The first-order valence-corrected chi connectivity index (χ1v) is 8.34. The van der Waals surface area contributed by atoms with Gasteiger partial charge in [-0.3, -0.25) is 9.50 Å². The van der Waals surface area contributed by atoms with E-state index >= 15 is 0 Å². The predicted molar refractivity (Wildman–Crippen MR) is 99.2 cm³/mol. The highest BCUT2D eigenvalue weighted by atomic mass is 19.1. The van der Waals surface area contributed by atoms with Crippen molar-refractivity contribution in [3.63, 3.8) is 0 Å². The Hall–Kier alpha value is -3.87. The van der Waals surface area contributed by atoms with E-state index in [-0.39, 0.29) is 5.82 Å². The van der Waals surface area contributed by atoms with E-state index in [0.717, 1.165) is 33.7 Å². The van der Waals surface area contributed by atoms with Gasteiger partial charge in [-0.15, -0.1) is 0 Å². The van der Waals surface area contributed by atoms with Gasteiger partial charge in [0.25, 0.3) is 0 Å². The molecule has 5 rings (SSSR count). The number of benzene rings is 1. The molecular formula is C20H13FN6. The van der Waals surface area contributed by atoms with E-state index in [0.29, 0.717) is 5.82 Å². The van der Waals surface area contributed by atoms with Crippen molar-refractivity contribution in [2.45, 2.75) is 0 Å². The zero-order valence-electron chi connectivity index (χ0n) is 14.0. The van der Waals surface area contributed by atoms with Crippen LogP contribution in [0.4, 0.5) is 4.39 Å². The van der Waals surface area contributed by atoms with Gasteiger partial charge in [0.2, 0.25) is 0 Å². The van der Waals surface area contributed by atoms with E-state index in [1.807, 2.05) is 22.7 Å². The van der Waals surface area contributed by atoms with E-state index in [1.54, 1.807) is 43.0 Å². The van der Waals surface area contributed by atoms with Gasteiger partial charge in [0, 0.05) is 35.3 Å². The van der Waals surface area contributed by atoms with Crippen molar-refractivity contribution >= 4 is 5.65 Å². The standard InChI is InChI=1S/C20H13FN6/c21-15-5-2-13(3-6-15)19-16(10-25-26-19)14-4-7-18-24-11-17(27(18)12-14)20-22-8-1-9-23-20/h1-12H,(H,25,26). The number of fused-ring (bicyclic) bond motifs is 1. The van der Waals surface area contributed by atoms with Crippen molar-refractivity contribution in [1.29, 1.82) is 0 Å². The summed E-state index contributed by atoms with van der Waals surface area (Å²) in [6, 6.07) is 12.0. The number of nitrogens with zero attached hydrogens (tertiary/aromatic N) is 5. The monoisotopic (exact) mass is 356 g/mol. The second-order valence-corrected chi connectivity index (χ2v) is 6.03. The van der Waals surface area contributed by atoms with E-state index in [1.165, 1.54) is 12.1 Å². The Balaban J connectivity index is 1.65. The highest BCUT2D eigenvalue weighted by Gasteiger charge is 2.13. The third-order valence-corrected chi connectivity index (χ3v) is 4.38. The molecule has 0 radical (unpaired) electrons. The molecule has 6 nitrogen and oxygen atoms in total. The Morgan fingerprint density at radius 3 is 2.44 bits per heavy atom. The van der Waals surface area contributed by atoms with Crippen molar-refractivity contribution in [2.75, 3.05) is 0 Å². The lowest BCUT2D eigenvalue weighted by atomic mass is 10.0. The van der Waals surface area contributed by atoms with Crippen LogP contribution in [-0.2, 0) is 0 Å². The second kappa shape index (κ2) is 6.14. The summed E-state index contributed by atoms with van der Waals surface area (Å²) in [7, 11) is 0. The largest absolute Gasteiger partial charge is 0.296 e. The molecule has 0 bridgehead atoms. The molecule has 0 saturated heterocycles. The molecule has 0 unspecified atom stereocenters. The number of aromatic nitrogens is 6. The normalized spacial score (nSPS) is 11.1. The topological polar surface area (TPSA) is 71.8 Å².